The van der Waals surface area contributed by atoms with E-state index in [-0.39, 0.29) is 35.3 Å². The fraction of sp³-hybridized carbons (Fsp3) is 0.667. The third kappa shape index (κ3) is 4.80. The van der Waals surface area contributed by atoms with E-state index in [0.717, 1.165) is 0 Å². The van der Waals surface area contributed by atoms with Gasteiger partial charge in [-0.3, -0.25) is 0 Å². The predicted molar refractivity (Wildman–Crippen MR) is 56.6 cm³/mol. The van der Waals surface area contributed by atoms with Crippen LogP contribution in [0.3, 0.4) is 0 Å². The van der Waals surface area contributed by atoms with Crippen molar-refractivity contribution in [2.75, 3.05) is 6.61 Å². The van der Waals surface area contributed by atoms with Gasteiger partial charge in [0.15, 0.2) is 0 Å². The maximum absolute atomic E-state index is 11.1. The van der Waals surface area contributed by atoms with Gasteiger partial charge in [0.2, 0.25) is 0 Å². The summed E-state index contributed by atoms with van der Waals surface area (Å²) in [5, 5.41) is 0. The fourth-order valence-electron chi connectivity index (χ4n) is 0.524. The van der Waals surface area contributed by atoms with Gasteiger partial charge in [-0.1, -0.05) is 27.4 Å². The van der Waals surface area contributed by atoms with E-state index in [1.54, 1.807) is 6.92 Å². The van der Waals surface area contributed by atoms with Crippen molar-refractivity contribution < 1.29 is 9.53 Å². The van der Waals surface area contributed by atoms with E-state index in [1.807, 2.05) is 20.8 Å². The van der Waals surface area contributed by atoms with Gasteiger partial charge in [-0.25, -0.2) is 4.79 Å². The molecule has 0 radical (unpaired) electrons. The number of ether oxygens (including phenoxy) is 1. The standard InChI is InChI=1S/C9H16O2.Sn.4H/c1-6-11-8(10)7(2)9(3,4)5;;;;;/h2,6H2,1,3-5H3;;;;;. The van der Waals surface area contributed by atoms with Crippen LogP contribution in [0.15, 0.2) is 12.2 Å². The average molecular weight is 279 g/mol. The van der Waals surface area contributed by atoms with E-state index in [2.05, 4.69) is 6.58 Å². The van der Waals surface area contributed by atoms with Gasteiger partial charge in [-0.15, -0.1) is 0 Å². The summed E-state index contributed by atoms with van der Waals surface area (Å²) < 4.78 is 4.79. The van der Waals surface area contributed by atoms with Crippen LogP contribution >= 0.6 is 0 Å². The van der Waals surface area contributed by atoms with Crippen LogP contribution < -0.4 is 0 Å². The number of rotatable bonds is 2. The molecule has 3 heteroatoms. The first kappa shape index (κ1) is 14.5. The van der Waals surface area contributed by atoms with Crippen LogP contribution in [0, 0.1) is 5.41 Å². The Morgan fingerprint density at radius 3 is 2.08 bits per heavy atom. The van der Waals surface area contributed by atoms with Crippen LogP contribution in [0.2, 0.25) is 0 Å². The van der Waals surface area contributed by atoms with Crippen LogP contribution in [0.5, 0.6) is 0 Å². The van der Waals surface area contributed by atoms with Crippen molar-refractivity contribution in [1.82, 2.24) is 0 Å². The van der Waals surface area contributed by atoms with Crippen molar-refractivity contribution >= 4 is 29.9 Å². The molecule has 0 aliphatic heterocycles. The van der Waals surface area contributed by atoms with Gasteiger partial charge >= 0.3 is 29.9 Å². The Balaban J connectivity index is 0. The van der Waals surface area contributed by atoms with Crippen molar-refractivity contribution in [2.24, 2.45) is 5.41 Å². The Morgan fingerprint density at radius 2 is 1.83 bits per heavy atom. The Hall–Kier alpha value is 0.00870. The number of carbonyl (C=O) groups is 1. The first-order chi connectivity index (χ1) is 4.89. The van der Waals surface area contributed by atoms with E-state index < -0.39 is 0 Å². The van der Waals surface area contributed by atoms with Crippen molar-refractivity contribution in [3.63, 3.8) is 0 Å². The molecule has 0 atom stereocenters. The molecule has 0 aromatic heterocycles. The molecule has 72 valence electrons. The summed E-state index contributed by atoms with van der Waals surface area (Å²) in [5.41, 5.74) is 0.339. The van der Waals surface area contributed by atoms with E-state index in [4.69, 9.17) is 4.74 Å². The van der Waals surface area contributed by atoms with E-state index in [1.165, 1.54) is 0 Å². The second-order valence-electron chi connectivity index (χ2n) is 3.45. The number of carbonyl (C=O) groups excluding carboxylic acids is 1. The van der Waals surface area contributed by atoms with Gasteiger partial charge < -0.3 is 4.74 Å². The van der Waals surface area contributed by atoms with Gasteiger partial charge in [-0.05, 0) is 12.3 Å². The molecule has 0 aromatic rings. The Labute approximate surface area is 91.3 Å². The monoisotopic (exact) mass is 280 g/mol. The first-order valence-electron chi connectivity index (χ1n) is 3.76. The normalized spacial score (nSPS) is 10.0. The van der Waals surface area contributed by atoms with Crippen LogP contribution in [-0.4, -0.2) is 36.5 Å². The predicted octanol–water partition coefficient (Wildman–Crippen LogP) is 0.700. The average Bonchev–Trinajstić information content (AvgIpc) is 1.85. The van der Waals surface area contributed by atoms with E-state index >= 15 is 0 Å². The number of hydrogen-bond donors (Lipinski definition) is 0. The molecule has 0 saturated heterocycles. The number of esters is 1. The molecule has 0 rings (SSSR count). The quantitative estimate of drug-likeness (QED) is 0.422. The minimum absolute atomic E-state index is 0. The molecule has 12 heavy (non-hydrogen) atoms. The number of hydrogen-bond acceptors (Lipinski definition) is 2. The fourth-order valence-corrected chi connectivity index (χ4v) is 0.524. The maximum atomic E-state index is 11.1. The molecule has 0 spiro atoms. The second-order valence-corrected chi connectivity index (χ2v) is 3.45. The molecule has 0 N–H and O–H groups in total. The van der Waals surface area contributed by atoms with E-state index in [9.17, 15) is 4.79 Å². The molecule has 0 aromatic carbocycles. The third-order valence-electron chi connectivity index (χ3n) is 1.43. The summed E-state index contributed by atoms with van der Waals surface area (Å²) in [6.45, 7) is 11.7. The zero-order chi connectivity index (χ0) is 9.07. The molecule has 0 aliphatic rings. The van der Waals surface area contributed by atoms with Crippen LogP contribution in [-0.2, 0) is 9.53 Å². The molecule has 2 nitrogen and oxygen atoms in total. The van der Waals surface area contributed by atoms with Gasteiger partial charge in [0, 0.05) is 5.57 Å². The first-order valence-corrected chi connectivity index (χ1v) is 3.76. The summed E-state index contributed by atoms with van der Waals surface area (Å²) >= 11 is 0. The van der Waals surface area contributed by atoms with E-state index in [0.29, 0.717) is 12.2 Å². The van der Waals surface area contributed by atoms with Crippen LogP contribution in [0.25, 0.3) is 0 Å². The van der Waals surface area contributed by atoms with Crippen molar-refractivity contribution in [2.45, 2.75) is 27.7 Å². The molecule has 0 heterocycles. The van der Waals surface area contributed by atoms with Gasteiger partial charge in [0.25, 0.3) is 0 Å². The van der Waals surface area contributed by atoms with Crippen LogP contribution in [0.1, 0.15) is 27.7 Å². The molecular formula is C9H20O2Sn. The van der Waals surface area contributed by atoms with Crippen LogP contribution in [0.4, 0.5) is 0 Å². The van der Waals surface area contributed by atoms with Crippen molar-refractivity contribution in [3.8, 4) is 0 Å². The summed E-state index contributed by atoms with van der Waals surface area (Å²) in [6.07, 6.45) is 0. The topological polar surface area (TPSA) is 26.3 Å². The Morgan fingerprint density at radius 1 is 1.42 bits per heavy atom. The summed E-state index contributed by atoms with van der Waals surface area (Å²) in [4.78, 5) is 11.1. The third-order valence-corrected chi connectivity index (χ3v) is 1.43. The molecule has 0 saturated carbocycles. The zero-order valence-electron chi connectivity index (χ0n) is 7.73. The molecular weight excluding hydrogens is 259 g/mol. The molecule has 0 amide bonds. The minimum atomic E-state index is -0.292. The Bertz CT molecular complexity index is 168. The van der Waals surface area contributed by atoms with Crippen molar-refractivity contribution in [1.29, 1.82) is 0 Å². The summed E-state index contributed by atoms with van der Waals surface area (Å²) in [5.74, 6) is -0.292. The molecule has 0 aliphatic carbocycles. The second kappa shape index (κ2) is 5.62. The zero-order valence-corrected chi connectivity index (χ0v) is 7.73. The summed E-state index contributed by atoms with van der Waals surface area (Å²) in [7, 11) is 0. The summed E-state index contributed by atoms with van der Waals surface area (Å²) in [6, 6.07) is 0. The Kier molecular flexibility index (Phi) is 6.80. The van der Waals surface area contributed by atoms with Gasteiger partial charge in [-0.2, -0.15) is 0 Å². The van der Waals surface area contributed by atoms with Gasteiger partial charge in [0.05, 0.1) is 6.61 Å². The van der Waals surface area contributed by atoms with Gasteiger partial charge in [0.1, 0.15) is 0 Å². The molecule has 0 unspecified atom stereocenters. The van der Waals surface area contributed by atoms with Crippen molar-refractivity contribution in [3.05, 3.63) is 12.2 Å². The molecule has 0 fully saturated rings. The SMILES string of the molecule is C=C(C(=O)OCC)C(C)(C)C.[SnH4]. The molecule has 0 bridgehead atoms.